The highest BCUT2D eigenvalue weighted by Crippen LogP contribution is 2.57. The van der Waals surface area contributed by atoms with Crippen molar-refractivity contribution in [3.63, 3.8) is 0 Å². The number of carbonyl (C=O) groups is 3. The van der Waals surface area contributed by atoms with Crippen LogP contribution in [0.4, 0.5) is 0 Å². The van der Waals surface area contributed by atoms with E-state index < -0.39 is 6.10 Å². The Kier molecular flexibility index (Phi) is 11.1. The van der Waals surface area contributed by atoms with Gasteiger partial charge < -0.3 is 19.3 Å². The molecule has 0 aromatic heterocycles. The average Bonchev–Trinajstić information content (AvgIpc) is 2.81. The first-order chi connectivity index (χ1) is 16.7. The van der Waals surface area contributed by atoms with Gasteiger partial charge in [-0.3, -0.25) is 14.4 Å². The minimum absolute atomic E-state index is 0.101. The third-order valence-corrected chi connectivity index (χ3v) is 10.8. The number of cyclic esters (lactones) is 1. The van der Waals surface area contributed by atoms with Crippen molar-refractivity contribution in [2.24, 2.45) is 23.7 Å². The highest BCUT2D eigenvalue weighted by molar-refractivity contribution is 8.18. The Labute approximate surface area is 218 Å². The lowest BCUT2D eigenvalue weighted by Crippen LogP contribution is -2.44. The molecule has 0 aromatic carbocycles. The molecule has 3 fully saturated rings. The predicted molar refractivity (Wildman–Crippen MR) is 138 cm³/mol. The van der Waals surface area contributed by atoms with E-state index in [9.17, 15) is 19.5 Å². The summed E-state index contributed by atoms with van der Waals surface area (Å²) in [6.07, 6.45) is 8.10. The number of hydrogen-bond donors (Lipinski definition) is 1. The minimum Gasteiger partial charge on any atom is -0.465 e. The zero-order valence-electron chi connectivity index (χ0n) is 21.2. The van der Waals surface area contributed by atoms with Crippen LogP contribution < -0.4 is 0 Å². The van der Waals surface area contributed by atoms with Gasteiger partial charge in [-0.25, -0.2) is 0 Å². The Bertz CT molecular complexity index is 708. The van der Waals surface area contributed by atoms with Gasteiger partial charge in [0, 0.05) is 6.42 Å². The smallest absolute Gasteiger partial charge is 0.315 e. The van der Waals surface area contributed by atoms with Crippen LogP contribution in [0.5, 0.6) is 0 Å². The predicted octanol–water partition coefficient (Wildman–Crippen LogP) is 4.40. The number of carbonyl (C=O) groups excluding carboxylic acids is 3. The summed E-state index contributed by atoms with van der Waals surface area (Å²) in [4.78, 5) is 36.0. The zero-order valence-corrected chi connectivity index (χ0v) is 22.9. The summed E-state index contributed by atoms with van der Waals surface area (Å²) in [7, 11) is 0. The summed E-state index contributed by atoms with van der Waals surface area (Å²) in [5, 5.41) is 9.95. The first-order valence-corrected chi connectivity index (χ1v) is 15.0. The number of ether oxygens (including phenoxy) is 3. The maximum absolute atomic E-state index is 12.1. The van der Waals surface area contributed by atoms with E-state index in [0.29, 0.717) is 43.3 Å². The molecule has 3 rings (SSSR count). The van der Waals surface area contributed by atoms with Crippen molar-refractivity contribution in [1.29, 1.82) is 0 Å². The highest BCUT2D eigenvalue weighted by Gasteiger charge is 2.47. The number of rotatable bonds is 11. The average molecular weight is 530 g/mol. The van der Waals surface area contributed by atoms with E-state index in [1.807, 2.05) is 13.8 Å². The van der Waals surface area contributed by atoms with Crippen molar-refractivity contribution in [2.45, 2.75) is 88.4 Å². The molecule has 0 spiro atoms. The summed E-state index contributed by atoms with van der Waals surface area (Å²) in [6, 6.07) is 0. The van der Waals surface area contributed by atoms with Crippen molar-refractivity contribution in [3.05, 3.63) is 6.42 Å². The van der Waals surface area contributed by atoms with Gasteiger partial charge in [0.25, 0.3) is 0 Å². The molecule has 3 aliphatic rings. The van der Waals surface area contributed by atoms with Gasteiger partial charge in [-0.2, -0.15) is 0 Å². The van der Waals surface area contributed by atoms with Gasteiger partial charge in [0.05, 0.1) is 41.3 Å². The Morgan fingerprint density at radius 2 is 1.77 bits per heavy atom. The van der Waals surface area contributed by atoms with Gasteiger partial charge in [-0.15, -0.1) is 23.5 Å². The van der Waals surface area contributed by atoms with Crippen molar-refractivity contribution in [1.82, 2.24) is 0 Å². The molecule has 6 atom stereocenters. The standard InChI is InChI=1S/C26H41O7S2/c1-4-31-24(29)15-34-26(35-16-25(30)32-5-2)11-10-22-18(14-26)7-6-17(3)21(22)9-8-20-12-19(27)13-23(28)33-20/h10,17-22,27H,4-9,11-16H2,1-3H3. The third kappa shape index (κ3) is 8.29. The zero-order chi connectivity index (χ0) is 25.4. The van der Waals surface area contributed by atoms with Crippen LogP contribution in [0.25, 0.3) is 0 Å². The fourth-order valence-corrected chi connectivity index (χ4v) is 8.68. The van der Waals surface area contributed by atoms with E-state index >= 15 is 0 Å². The Hall–Kier alpha value is -0.930. The molecule has 1 N–H and O–H groups in total. The quantitative estimate of drug-likeness (QED) is 0.237. The molecule has 2 aliphatic carbocycles. The molecule has 1 aliphatic heterocycles. The van der Waals surface area contributed by atoms with E-state index in [-0.39, 0.29) is 46.0 Å². The number of aliphatic hydroxyl groups excluding tert-OH is 1. The number of thioether (sulfide) groups is 2. The second-order valence-corrected chi connectivity index (χ2v) is 13.1. The van der Waals surface area contributed by atoms with Crippen LogP contribution in [-0.2, 0) is 28.6 Å². The molecule has 35 heavy (non-hydrogen) atoms. The van der Waals surface area contributed by atoms with Gasteiger partial charge in [0.1, 0.15) is 6.10 Å². The SMILES string of the molecule is CCOC(=O)CSC1(SCC(=O)OCC)C[CH]C2C(CCC(C)C2CCC2CC(O)CC(=O)O2)C1. The molecule has 0 aromatic rings. The molecule has 6 unspecified atom stereocenters. The summed E-state index contributed by atoms with van der Waals surface area (Å²) in [5.74, 6) is 1.91. The van der Waals surface area contributed by atoms with E-state index in [0.717, 1.165) is 38.5 Å². The fourth-order valence-electron chi connectivity index (χ4n) is 5.97. The van der Waals surface area contributed by atoms with Crippen LogP contribution in [0.15, 0.2) is 0 Å². The number of esters is 3. The van der Waals surface area contributed by atoms with Crippen LogP contribution in [0.2, 0.25) is 0 Å². The van der Waals surface area contributed by atoms with Gasteiger partial charge in [-0.1, -0.05) is 13.3 Å². The Balaban J connectivity index is 1.64. The molecular formula is C26H41O7S2. The van der Waals surface area contributed by atoms with Crippen LogP contribution in [0, 0.1) is 30.1 Å². The molecular weight excluding hydrogens is 488 g/mol. The summed E-state index contributed by atoms with van der Waals surface area (Å²) in [6.45, 7) is 6.68. The highest BCUT2D eigenvalue weighted by atomic mass is 32.2. The number of fused-ring (bicyclic) bond motifs is 1. The molecule has 0 bridgehead atoms. The Morgan fingerprint density at radius 1 is 1.11 bits per heavy atom. The molecule has 0 amide bonds. The molecule has 1 radical (unpaired) electrons. The largest absolute Gasteiger partial charge is 0.465 e. The minimum atomic E-state index is -0.590. The van der Waals surface area contributed by atoms with Crippen molar-refractivity contribution in [3.8, 4) is 0 Å². The van der Waals surface area contributed by atoms with Gasteiger partial charge >= 0.3 is 17.9 Å². The van der Waals surface area contributed by atoms with Crippen molar-refractivity contribution in [2.75, 3.05) is 24.7 Å². The summed E-state index contributed by atoms with van der Waals surface area (Å²) in [5.41, 5.74) is 0. The summed E-state index contributed by atoms with van der Waals surface area (Å²) >= 11 is 3.22. The van der Waals surface area contributed by atoms with Crippen molar-refractivity contribution >= 4 is 41.4 Å². The van der Waals surface area contributed by atoms with Crippen LogP contribution >= 0.6 is 23.5 Å². The lowest BCUT2D eigenvalue weighted by atomic mass is 9.60. The van der Waals surface area contributed by atoms with Crippen LogP contribution in [0.1, 0.15) is 72.1 Å². The van der Waals surface area contributed by atoms with Crippen LogP contribution in [-0.4, -0.2) is 64.0 Å². The normalized spacial score (nSPS) is 32.3. The van der Waals surface area contributed by atoms with E-state index in [1.54, 1.807) is 23.5 Å². The molecule has 1 heterocycles. The molecule has 7 nitrogen and oxygen atoms in total. The van der Waals surface area contributed by atoms with Gasteiger partial charge in [0.2, 0.25) is 0 Å². The first kappa shape index (κ1) is 28.6. The van der Waals surface area contributed by atoms with Gasteiger partial charge in [0.15, 0.2) is 0 Å². The van der Waals surface area contributed by atoms with Crippen LogP contribution in [0.3, 0.4) is 0 Å². The van der Waals surface area contributed by atoms with E-state index in [2.05, 4.69) is 13.3 Å². The van der Waals surface area contributed by atoms with Crippen molar-refractivity contribution < 1.29 is 33.7 Å². The molecule has 2 saturated carbocycles. The Morgan fingerprint density at radius 3 is 2.37 bits per heavy atom. The summed E-state index contributed by atoms with van der Waals surface area (Å²) < 4.78 is 15.6. The lowest BCUT2D eigenvalue weighted by Gasteiger charge is -2.50. The van der Waals surface area contributed by atoms with E-state index in [1.165, 1.54) is 0 Å². The number of hydrogen-bond acceptors (Lipinski definition) is 9. The van der Waals surface area contributed by atoms with Gasteiger partial charge in [-0.05, 0) is 76.0 Å². The maximum atomic E-state index is 12.1. The maximum Gasteiger partial charge on any atom is 0.315 e. The topological polar surface area (TPSA) is 99.1 Å². The molecule has 9 heteroatoms. The monoisotopic (exact) mass is 529 g/mol. The first-order valence-electron chi connectivity index (χ1n) is 13.0. The fraction of sp³-hybridized carbons (Fsp3) is 0.846. The second-order valence-electron chi connectivity index (χ2n) is 10.1. The van der Waals surface area contributed by atoms with E-state index in [4.69, 9.17) is 14.2 Å². The second kappa shape index (κ2) is 13.6. The lowest BCUT2D eigenvalue weighted by molar-refractivity contribution is -0.160. The third-order valence-electron chi connectivity index (χ3n) is 7.61. The molecule has 1 saturated heterocycles. The number of aliphatic hydroxyl groups is 1. The molecule has 199 valence electrons.